The van der Waals surface area contributed by atoms with Gasteiger partial charge in [-0.2, -0.15) is 0 Å². The highest BCUT2D eigenvalue weighted by atomic mass is 19.1. The van der Waals surface area contributed by atoms with E-state index in [9.17, 15) is 19.6 Å². The SMILES string of the molecule is O=[N+]([O-])c1cnc2ccc(N(CC(O)c3ccc(F)cc3)C3CC3)nn12. The van der Waals surface area contributed by atoms with E-state index >= 15 is 0 Å². The Morgan fingerprint density at radius 3 is 2.69 bits per heavy atom. The van der Waals surface area contributed by atoms with Gasteiger partial charge in [0.05, 0.1) is 6.10 Å². The zero-order valence-corrected chi connectivity index (χ0v) is 13.7. The van der Waals surface area contributed by atoms with Gasteiger partial charge < -0.3 is 20.1 Å². The molecule has 2 heterocycles. The Morgan fingerprint density at radius 2 is 2.04 bits per heavy atom. The summed E-state index contributed by atoms with van der Waals surface area (Å²) in [6.45, 7) is 0.261. The van der Waals surface area contributed by atoms with Gasteiger partial charge in [0, 0.05) is 18.7 Å². The van der Waals surface area contributed by atoms with Gasteiger partial charge >= 0.3 is 5.82 Å². The molecule has 9 heteroatoms. The van der Waals surface area contributed by atoms with Gasteiger partial charge in [-0.25, -0.2) is 9.37 Å². The minimum atomic E-state index is -0.827. The third-order valence-corrected chi connectivity index (χ3v) is 4.42. The first-order chi connectivity index (χ1) is 12.5. The molecule has 8 nitrogen and oxygen atoms in total. The number of anilines is 1. The number of nitro groups is 1. The van der Waals surface area contributed by atoms with E-state index in [1.54, 1.807) is 24.3 Å². The smallest absolute Gasteiger partial charge is 0.368 e. The molecular weight excluding hydrogens is 341 g/mol. The van der Waals surface area contributed by atoms with E-state index in [0.29, 0.717) is 17.0 Å². The third-order valence-electron chi connectivity index (χ3n) is 4.42. The quantitative estimate of drug-likeness (QED) is 0.538. The summed E-state index contributed by atoms with van der Waals surface area (Å²) in [6.07, 6.45) is 2.26. The molecule has 3 aromatic rings. The molecule has 1 aliphatic carbocycles. The van der Waals surface area contributed by atoms with E-state index in [2.05, 4.69) is 10.1 Å². The highest BCUT2D eigenvalue weighted by Crippen LogP contribution is 2.32. The van der Waals surface area contributed by atoms with Crippen LogP contribution < -0.4 is 4.90 Å². The molecule has 1 saturated carbocycles. The topological polar surface area (TPSA) is 96.8 Å². The van der Waals surface area contributed by atoms with Crippen LogP contribution in [0.5, 0.6) is 0 Å². The molecule has 4 rings (SSSR count). The van der Waals surface area contributed by atoms with Crippen LogP contribution in [0, 0.1) is 15.9 Å². The zero-order chi connectivity index (χ0) is 18.3. The maximum absolute atomic E-state index is 13.1. The van der Waals surface area contributed by atoms with Gasteiger partial charge in [0.15, 0.2) is 5.82 Å². The zero-order valence-electron chi connectivity index (χ0n) is 13.7. The number of aromatic nitrogens is 3. The van der Waals surface area contributed by atoms with Crippen LogP contribution >= 0.6 is 0 Å². The molecule has 0 amide bonds. The van der Waals surface area contributed by atoms with E-state index in [4.69, 9.17) is 0 Å². The first-order valence-electron chi connectivity index (χ1n) is 8.22. The van der Waals surface area contributed by atoms with E-state index in [1.807, 2.05) is 4.90 Å². The van der Waals surface area contributed by atoms with E-state index in [-0.39, 0.29) is 24.2 Å². The van der Waals surface area contributed by atoms with Crippen molar-refractivity contribution in [1.82, 2.24) is 14.6 Å². The maximum Gasteiger partial charge on any atom is 0.368 e. The number of hydrogen-bond donors (Lipinski definition) is 1. The summed E-state index contributed by atoms with van der Waals surface area (Å²) in [4.78, 5) is 16.5. The Kier molecular flexibility index (Phi) is 4.00. The number of benzene rings is 1. The second kappa shape index (κ2) is 6.34. The maximum atomic E-state index is 13.1. The van der Waals surface area contributed by atoms with E-state index < -0.39 is 11.0 Å². The summed E-state index contributed by atoms with van der Waals surface area (Å²) in [5.41, 5.74) is 0.988. The molecule has 1 fully saturated rings. The van der Waals surface area contributed by atoms with Gasteiger partial charge in [-0.1, -0.05) is 21.7 Å². The van der Waals surface area contributed by atoms with E-state index in [1.165, 1.54) is 22.8 Å². The lowest BCUT2D eigenvalue weighted by Crippen LogP contribution is -2.32. The first kappa shape index (κ1) is 16.4. The number of imidazole rings is 1. The van der Waals surface area contributed by atoms with Crippen LogP contribution in [0.15, 0.2) is 42.6 Å². The van der Waals surface area contributed by atoms with Gasteiger partial charge in [-0.3, -0.25) is 0 Å². The van der Waals surface area contributed by atoms with E-state index in [0.717, 1.165) is 12.8 Å². The molecule has 1 aromatic carbocycles. The van der Waals surface area contributed by atoms with Crippen LogP contribution in [0.3, 0.4) is 0 Å². The molecule has 1 aliphatic rings. The molecule has 1 N–H and O–H groups in total. The summed E-state index contributed by atoms with van der Waals surface area (Å²) in [5.74, 6) is -0.0431. The number of aliphatic hydroxyl groups is 1. The molecule has 0 aliphatic heterocycles. The average molecular weight is 357 g/mol. The summed E-state index contributed by atoms with van der Waals surface area (Å²) >= 11 is 0. The average Bonchev–Trinajstić information content (AvgIpc) is 3.37. The standard InChI is InChI=1S/C17H16FN5O3/c18-12-3-1-11(2-4-12)14(24)10-21(13-5-6-13)16-8-7-15-19-9-17(23(25)26)22(15)20-16/h1-4,7-9,13-14,24H,5-6,10H2. The van der Waals surface area contributed by atoms with Crippen LogP contribution in [0.2, 0.25) is 0 Å². The number of fused-ring (bicyclic) bond motifs is 1. The third kappa shape index (κ3) is 3.08. The summed E-state index contributed by atoms with van der Waals surface area (Å²) < 4.78 is 14.3. The highest BCUT2D eigenvalue weighted by Gasteiger charge is 2.33. The fraction of sp³-hybridized carbons (Fsp3) is 0.294. The second-order valence-electron chi connectivity index (χ2n) is 6.29. The summed E-state index contributed by atoms with van der Waals surface area (Å²) in [6, 6.07) is 9.32. The van der Waals surface area contributed by atoms with Crippen LogP contribution in [-0.4, -0.2) is 37.2 Å². The summed E-state index contributed by atoms with van der Waals surface area (Å²) in [5, 5.41) is 26.0. The number of hydrogen-bond acceptors (Lipinski definition) is 6. The van der Waals surface area contributed by atoms with Crippen LogP contribution in [0.1, 0.15) is 24.5 Å². The molecule has 0 saturated heterocycles. The number of rotatable bonds is 6. The highest BCUT2D eigenvalue weighted by molar-refractivity contribution is 5.50. The molecule has 1 unspecified atom stereocenters. The van der Waals surface area contributed by atoms with Crippen molar-refractivity contribution in [3.63, 3.8) is 0 Å². The van der Waals surface area contributed by atoms with Gasteiger partial charge in [0.1, 0.15) is 12.0 Å². The van der Waals surface area contributed by atoms with Gasteiger partial charge in [0.2, 0.25) is 5.65 Å². The molecular formula is C17H16FN5O3. The first-order valence-corrected chi connectivity index (χ1v) is 8.22. The van der Waals surface area contributed by atoms with Crippen molar-refractivity contribution in [3.05, 3.63) is 64.1 Å². The van der Waals surface area contributed by atoms with Crippen molar-refractivity contribution < 1.29 is 14.4 Å². The predicted octanol–water partition coefficient (Wildman–Crippen LogP) is 2.48. The second-order valence-corrected chi connectivity index (χ2v) is 6.29. The fourth-order valence-electron chi connectivity index (χ4n) is 2.92. The minimum Gasteiger partial charge on any atom is -0.387 e. The van der Waals surface area contributed by atoms with Gasteiger partial charge in [-0.15, -0.1) is 0 Å². The predicted molar refractivity (Wildman–Crippen MR) is 91.4 cm³/mol. The molecule has 2 aromatic heterocycles. The largest absolute Gasteiger partial charge is 0.387 e. The van der Waals surface area contributed by atoms with Crippen molar-refractivity contribution in [2.45, 2.75) is 25.0 Å². The van der Waals surface area contributed by atoms with Crippen LogP contribution in [0.4, 0.5) is 16.0 Å². The molecule has 0 bridgehead atoms. The molecule has 0 radical (unpaired) electrons. The van der Waals surface area contributed by atoms with Crippen molar-refractivity contribution in [2.75, 3.05) is 11.4 Å². The number of nitrogens with zero attached hydrogens (tertiary/aromatic N) is 5. The molecule has 0 spiro atoms. The van der Waals surface area contributed by atoms with Crippen molar-refractivity contribution in [1.29, 1.82) is 0 Å². The van der Waals surface area contributed by atoms with Crippen molar-refractivity contribution in [2.24, 2.45) is 0 Å². The fourth-order valence-corrected chi connectivity index (χ4v) is 2.92. The molecule has 1 atom stereocenters. The van der Waals surface area contributed by atoms with Crippen molar-refractivity contribution in [3.8, 4) is 0 Å². The molecule has 134 valence electrons. The monoisotopic (exact) mass is 357 g/mol. The number of halogens is 1. The van der Waals surface area contributed by atoms with Crippen molar-refractivity contribution >= 4 is 17.3 Å². The lowest BCUT2D eigenvalue weighted by atomic mass is 10.1. The molecule has 26 heavy (non-hydrogen) atoms. The Morgan fingerprint density at radius 1 is 1.31 bits per heavy atom. The van der Waals surface area contributed by atoms with Gasteiger partial charge in [-0.05, 0) is 41.5 Å². The summed E-state index contributed by atoms with van der Waals surface area (Å²) in [7, 11) is 0. The Balaban J connectivity index is 1.64. The number of aliphatic hydroxyl groups excluding tert-OH is 1. The lowest BCUT2D eigenvalue weighted by molar-refractivity contribution is -0.391. The lowest BCUT2D eigenvalue weighted by Gasteiger charge is -2.25. The van der Waals surface area contributed by atoms with Crippen LogP contribution in [0.25, 0.3) is 5.65 Å². The Labute approximate surface area is 147 Å². The van der Waals surface area contributed by atoms with Crippen LogP contribution in [-0.2, 0) is 0 Å². The minimum absolute atomic E-state index is 0.211. The normalized spacial score (nSPS) is 15.2. The van der Waals surface area contributed by atoms with Gasteiger partial charge in [0.25, 0.3) is 0 Å². The Bertz CT molecular complexity index is 955. The Hall–Kier alpha value is -3.07.